The first-order valence-electron chi connectivity index (χ1n) is 10.9. The molecule has 5 rings (SSSR count). The van der Waals surface area contributed by atoms with Crippen molar-refractivity contribution in [2.24, 2.45) is 0 Å². The maximum absolute atomic E-state index is 14.3. The minimum atomic E-state index is -0.262. The molecule has 5 heteroatoms. The number of hydrogen-bond donors (Lipinski definition) is 2. The molecule has 0 saturated carbocycles. The monoisotopic (exact) mass is 443 g/mol. The fraction of sp³-hybridized carbons (Fsp3) is 0.214. The third-order valence-electron chi connectivity index (χ3n) is 6.17. The highest BCUT2D eigenvalue weighted by atomic mass is 19.1. The highest BCUT2D eigenvalue weighted by molar-refractivity contribution is 6.02. The van der Waals surface area contributed by atoms with Crippen LogP contribution >= 0.6 is 0 Å². The van der Waals surface area contributed by atoms with Gasteiger partial charge in [-0.1, -0.05) is 24.3 Å². The zero-order valence-electron chi connectivity index (χ0n) is 19.3. The second-order valence-corrected chi connectivity index (χ2v) is 9.20. The SMILES string of the molecule is COc1c(O)ccc2c1-c1ccc3c(c1C(=Cc1ccc(C)c(F)c1)O2)C(C)=CC(C)(C)N3. The average molecular weight is 444 g/mol. The molecular formula is C28H26FNO3. The second-order valence-electron chi connectivity index (χ2n) is 9.20. The molecule has 0 aliphatic carbocycles. The van der Waals surface area contributed by atoms with Crippen molar-refractivity contribution in [2.45, 2.75) is 33.2 Å². The Kier molecular flexibility index (Phi) is 4.74. The first-order valence-corrected chi connectivity index (χ1v) is 10.9. The molecule has 0 amide bonds. The quantitative estimate of drug-likeness (QED) is 0.447. The lowest BCUT2D eigenvalue weighted by molar-refractivity contribution is 0.371. The predicted molar refractivity (Wildman–Crippen MR) is 131 cm³/mol. The smallest absolute Gasteiger partial charge is 0.172 e. The molecule has 2 N–H and O–H groups in total. The van der Waals surface area contributed by atoms with E-state index >= 15 is 0 Å². The molecule has 0 fully saturated rings. The van der Waals surface area contributed by atoms with Crippen molar-refractivity contribution < 1.29 is 19.0 Å². The molecule has 0 bridgehead atoms. The van der Waals surface area contributed by atoms with E-state index in [2.05, 4.69) is 32.2 Å². The summed E-state index contributed by atoms with van der Waals surface area (Å²) in [5.74, 6) is 1.33. The Hall–Kier alpha value is -3.73. The molecule has 2 heterocycles. The van der Waals surface area contributed by atoms with Gasteiger partial charge in [-0.2, -0.15) is 0 Å². The van der Waals surface area contributed by atoms with Crippen LogP contribution in [-0.2, 0) is 0 Å². The van der Waals surface area contributed by atoms with E-state index in [0.29, 0.717) is 33.9 Å². The van der Waals surface area contributed by atoms with Gasteiger partial charge >= 0.3 is 0 Å². The van der Waals surface area contributed by atoms with Crippen LogP contribution < -0.4 is 14.8 Å². The summed E-state index contributed by atoms with van der Waals surface area (Å²) in [5, 5.41) is 14.0. The van der Waals surface area contributed by atoms with Gasteiger partial charge < -0.3 is 19.9 Å². The van der Waals surface area contributed by atoms with Gasteiger partial charge in [0.15, 0.2) is 11.5 Å². The number of rotatable bonds is 2. The van der Waals surface area contributed by atoms with Gasteiger partial charge in [-0.3, -0.25) is 0 Å². The Morgan fingerprint density at radius 3 is 2.55 bits per heavy atom. The van der Waals surface area contributed by atoms with E-state index in [1.807, 2.05) is 24.3 Å². The molecule has 2 aliphatic rings. The van der Waals surface area contributed by atoms with E-state index in [-0.39, 0.29) is 17.1 Å². The van der Waals surface area contributed by atoms with Gasteiger partial charge in [-0.05, 0) is 74.7 Å². The van der Waals surface area contributed by atoms with Crippen molar-refractivity contribution in [3.8, 4) is 28.4 Å². The van der Waals surface area contributed by atoms with E-state index in [1.165, 1.54) is 13.2 Å². The number of allylic oxidation sites excluding steroid dienone is 1. The molecule has 0 spiro atoms. The number of anilines is 1. The lowest BCUT2D eigenvalue weighted by Gasteiger charge is -2.35. The summed E-state index contributed by atoms with van der Waals surface area (Å²) in [5.41, 5.74) is 6.67. The Labute approximate surface area is 193 Å². The number of phenols is 1. The predicted octanol–water partition coefficient (Wildman–Crippen LogP) is 7.01. The molecule has 3 aromatic carbocycles. The summed E-state index contributed by atoms with van der Waals surface area (Å²) in [7, 11) is 1.53. The maximum atomic E-state index is 14.3. The Morgan fingerprint density at radius 2 is 1.82 bits per heavy atom. The van der Waals surface area contributed by atoms with Gasteiger partial charge in [0.2, 0.25) is 0 Å². The topological polar surface area (TPSA) is 50.7 Å². The van der Waals surface area contributed by atoms with Crippen molar-refractivity contribution >= 4 is 23.1 Å². The number of hydrogen-bond acceptors (Lipinski definition) is 4. The van der Waals surface area contributed by atoms with Crippen molar-refractivity contribution in [1.29, 1.82) is 0 Å². The number of fused-ring (bicyclic) bond motifs is 5. The summed E-state index contributed by atoms with van der Waals surface area (Å²) in [6, 6.07) is 12.5. The fourth-order valence-corrected chi connectivity index (χ4v) is 4.80. The lowest BCUT2D eigenvalue weighted by atomic mass is 9.82. The van der Waals surface area contributed by atoms with Crippen LogP contribution in [0.5, 0.6) is 17.2 Å². The third kappa shape index (κ3) is 3.44. The van der Waals surface area contributed by atoms with E-state index in [9.17, 15) is 9.50 Å². The summed E-state index contributed by atoms with van der Waals surface area (Å²) < 4.78 is 26.2. The van der Waals surface area contributed by atoms with E-state index in [1.54, 1.807) is 25.1 Å². The minimum absolute atomic E-state index is 0.0445. The summed E-state index contributed by atoms with van der Waals surface area (Å²) in [6.45, 7) is 8.07. The number of halogens is 1. The summed E-state index contributed by atoms with van der Waals surface area (Å²) >= 11 is 0. The van der Waals surface area contributed by atoms with Crippen LogP contribution in [0.15, 0.2) is 48.5 Å². The lowest BCUT2D eigenvalue weighted by Crippen LogP contribution is -2.32. The highest BCUT2D eigenvalue weighted by Crippen LogP contribution is 2.54. The van der Waals surface area contributed by atoms with Crippen molar-refractivity contribution in [1.82, 2.24) is 0 Å². The standard InChI is InChI=1S/C28H26FNO3/c1-15-6-7-17(12-19(15)29)13-23-25-18(26-22(33-23)11-10-21(31)27(26)32-5)8-9-20-24(25)16(2)14-28(3,4)30-20/h6-14,30-31H,1-5H3. The molecule has 0 aromatic heterocycles. The maximum Gasteiger partial charge on any atom is 0.172 e. The molecule has 2 aliphatic heterocycles. The number of methoxy groups -OCH3 is 1. The van der Waals surface area contributed by atoms with Crippen LogP contribution in [0, 0.1) is 12.7 Å². The number of benzene rings is 3. The second kappa shape index (κ2) is 7.41. The number of aryl methyl sites for hydroxylation is 1. The van der Waals surface area contributed by atoms with E-state index in [4.69, 9.17) is 9.47 Å². The van der Waals surface area contributed by atoms with E-state index < -0.39 is 0 Å². The zero-order chi connectivity index (χ0) is 23.5. The molecule has 0 saturated heterocycles. The number of ether oxygens (including phenoxy) is 2. The Morgan fingerprint density at radius 1 is 1.03 bits per heavy atom. The van der Waals surface area contributed by atoms with Crippen LogP contribution in [0.4, 0.5) is 10.1 Å². The molecule has 4 nitrogen and oxygen atoms in total. The van der Waals surface area contributed by atoms with Gasteiger partial charge in [-0.25, -0.2) is 4.39 Å². The molecule has 33 heavy (non-hydrogen) atoms. The van der Waals surface area contributed by atoms with Crippen LogP contribution in [0.2, 0.25) is 0 Å². The van der Waals surface area contributed by atoms with Crippen molar-refractivity contribution in [3.05, 3.63) is 76.6 Å². The number of nitrogens with one attached hydrogen (secondary N) is 1. The first kappa shape index (κ1) is 21.1. The third-order valence-corrected chi connectivity index (χ3v) is 6.17. The Balaban J connectivity index is 1.83. The molecule has 0 radical (unpaired) electrons. The summed E-state index contributed by atoms with van der Waals surface area (Å²) in [6.07, 6.45) is 4.05. The normalized spacial score (nSPS) is 16.7. The summed E-state index contributed by atoms with van der Waals surface area (Å²) in [4.78, 5) is 0. The number of phenolic OH excluding ortho intramolecular Hbond substituents is 1. The molecule has 0 atom stereocenters. The zero-order valence-corrected chi connectivity index (χ0v) is 19.3. The molecule has 3 aromatic rings. The number of aromatic hydroxyl groups is 1. The van der Waals surface area contributed by atoms with Crippen LogP contribution in [0.25, 0.3) is 28.5 Å². The van der Waals surface area contributed by atoms with Crippen LogP contribution in [0.3, 0.4) is 0 Å². The minimum Gasteiger partial charge on any atom is -0.504 e. The largest absolute Gasteiger partial charge is 0.504 e. The van der Waals surface area contributed by atoms with Crippen molar-refractivity contribution in [2.75, 3.05) is 12.4 Å². The Bertz CT molecular complexity index is 1370. The first-order chi connectivity index (χ1) is 15.7. The van der Waals surface area contributed by atoms with Gasteiger partial charge in [0.25, 0.3) is 0 Å². The van der Waals surface area contributed by atoms with Gasteiger partial charge in [-0.15, -0.1) is 0 Å². The van der Waals surface area contributed by atoms with Gasteiger partial charge in [0.05, 0.1) is 18.2 Å². The fourth-order valence-electron chi connectivity index (χ4n) is 4.80. The molecule has 0 unspecified atom stereocenters. The van der Waals surface area contributed by atoms with Crippen molar-refractivity contribution in [3.63, 3.8) is 0 Å². The van der Waals surface area contributed by atoms with Gasteiger partial charge in [0.1, 0.15) is 17.3 Å². The molecule has 168 valence electrons. The van der Waals surface area contributed by atoms with Crippen LogP contribution in [-0.4, -0.2) is 17.8 Å². The van der Waals surface area contributed by atoms with Crippen LogP contribution in [0.1, 0.15) is 43.0 Å². The average Bonchev–Trinajstić information content (AvgIpc) is 2.75. The van der Waals surface area contributed by atoms with Gasteiger partial charge in [0, 0.05) is 22.4 Å². The van der Waals surface area contributed by atoms with E-state index in [0.717, 1.165) is 28.0 Å². The molecular weight excluding hydrogens is 417 g/mol. The highest BCUT2D eigenvalue weighted by Gasteiger charge is 2.33.